The van der Waals surface area contributed by atoms with Crippen LogP contribution in [0.5, 0.6) is 0 Å². The molecule has 2 aliphatic rings. The third-order valence-corrected chi connectivity index (χ3v) is 9.43. The maximum Gasteiger partial charge on any atom is 0.256 e. The maximum absolute atomic E-state index is 12.5. The second kappa shape index (κ2) is 10.8. The van der Waals surface area contributed by atoms with E-state index in [1.165, 1.54) is 12.4 Å². The van der Waals surface area contributed by atoms with E-state index in [1.54, 1.807) is 29.8 Å². The number of rotatable bonds is 7. The van der Waals surface area contributed by atoms with Gasteiger partial charge in [0.25, 0.3) is 10.0 Å². The van der Waals surface area contributed by atoms with Gasteiger partial charge in [-0.2, -0.15) is 20.5 Å². The summed E-state index contributed by atoms with van der Waals surface area (Å²) < 4.78 is 26.0. The number of anilines is 3. The predicted octanol–water partition coefficient (Wildman–Crippen LogP) is 4.00. The number of aliphatic hydroxyl groups is 1. The van der Waals surface area contributed by atoms with Crippen LogP contribution in [0.2, 0.25) is 0 Å². The van der Waals surface area contributed by atoms with Gasteiger partial charge in [0.15, 0.2) is 5.82 Å². The van der Waals surface area contributed by atoms with E-state index in [2.05, 4.69) is 42.5 Å². The Bertz CT molecular complexity index is 1640. The van der Waals surface area contributed by atoms with Gasteiger partial charge in [-0.05, 0) is 56.0 Å². The summed E-state index contributed by atoms with van der Waals surface area (Å²) >= 11 is 1.60. The molecule has 0 amide bonds. The van der Waals surface area contributed by atoms with Crippen molar-refractivity contribution in [2.75, 3.05) is 10.6 Å². The van der Waals surface area contributed by atoms with Crippen LogP contribution in [-0.4, -0.2) is 55.1 Å². The first-order valence-corrected chi connectivity index (χ1v) is 15.3. The molecule has 0 aromatic carbocycles. The van der Waals surface area contributed by atoms with E-state index in [0.717, 1.165) is 40.2 Å². The average molecular weight is 562 g/mol. The minimum absolute atomic E-state index is 0.139. The maximum atomic E-state index is 12.5. The molecule has 10 nitrogen and oxygen atoms in total. The Morgan fingerprint density at radius 2 is 1.97 bits per heavy atom. The number of hydrogen-bond acceptors (Lipinski definition) is 10. The Labute approximate surface area is 230 Å². The van der Waals surface area contributed by atoms with Crippen LogP contribution < -0.4 is 10.6 Å². The third kappa shape index (κ3) is 5.95. The lowest BCUT2D eigenvalue weighted by molar-refractivity contribution is 0.124. The number of aliphatic hydroxyl groups excluding tert-OH is 1. The highest BCUT2D eigenvalue weighted by Gasteiger charge is 2.37. The van der Waals surface area contributed by atoms with Gasteiger partial charge in [-0.25, -0.2) is 23.4 Å². The topological polar surface area (TPSA) is 135 Å². The van der Waals surface area contributed by atoms with Crippen molar-refractivity contribution in [3.05, 3.63) is 64.9 Å². The Kier molecular flexibility index (Phi) is 7.03. The monoisotopic (exact) mass is 561 g/mol. The smallest absolute Gasteiger partial charge is 0.256 e. The fourth-order valence-electron chi connectivity index (χ4n) is 4.51. The van der Waals surface area contributed by atoms with Crippen molar-refractivity contribution in [3.63, 3.8) is 0 Å². The highest BCUT2D eigenvalue weighted by molar-refractivity contribution is 7.90. The van der Waals surface area contributed by atoms with Crippen LogP contribution in [0.3, 0.4) is 0 Å². The van der Waals surface area contributed by atoms with Gasteiger partial charge in [0.05, 0.1) is 40.6 Å². The van der Waals surface area contributed by atoms with Crippen LogP contribution in [-0.2, 0) is 10.0 Å². The lowest BCUT2D eigenvalue weighted by Crippen LogP contribution is -2.30. The van der Waals surface area contributed by atoms with Gasteiger partial charge in [0.2, 0.25) is 0 Å². The predicted molar refractivity (Wildman–Crippen MR) is 150 cm³/mol. The molecule has 0 unspecified atom stereocenters. The Morgan fingerprint density at radius 3 is 2.77 bits per heavy atom. The number of thiophene rings is 1. The molecule has 200 valence electrons. The first-order valence-electron chi connectivity index (χ1n) is 12.8. The van der Waals surface area contributed by atoms with Gasteiger partial charge in [-0.1, -0.05) is 11.8 Å². The van der Waals surface area contributed by atoms with Gasteiger partial charge >= 0.3 is 0 Å². The van der Waals surface area contributed by atoms with Crippen LogP contribution >= 0.6 is 11.3 Å². The van der Waals surface area contributed by atoms with E-state index in [-0.39, 0.29) is 17.4 Å². The van der Waals surface area contributed by atoms with Crippen molar-refractivity contribution < 1.29 is 13.5 Å². The second-order valence-electron chi connectivity index (χ2n) is 9.78. The molecule has 2 saturated carbocycles. The molecular weight excluding hydrogens is 534 g/mol. The van der Waals surface area contributed by atoms with E-state index in [4.69, 9.17) is 0 Å². The number of pyridine rings is 1. The fraction of sp³-hybridized carbons (Fsp3) is 0.333. The minimum Gasteiger partial charge on any atom is -0.393 e. The molecule has 0 bridgehead atoms. The average Bonchev–Trinajstić information content (AvgIpc) is 3.44. The summed E-state index contributed by atoms with van der Waals surface area (Å²) in [5.74, 6) is 7.82. The van der Waals surface area contributed by atoms with Crippen LogP contribution in [0.15, 0.2) is 53.7 Å². The van der Waals surface area contributed by atoms with Crippen molar-refractivity contribution in [2.24, 2.45) is 0 Å². The molecule has 4 aromatic heterocycles. The molecule has 0 radical (unpaired) electrons. The van der Waals surface area contributed by atoms with Crippen molar-refractivity contribution >= 4 is 38.7 Å². The van der Waals surface area contributed by atoms with Crippen LogP contribution in [0.4, 0.5) is 17.3 Å². The molecule has 2 atom stereocenters. The van der Waals surface area contributed by atoms with E-state index in [9.17, 15) is 13.5 Å². The van der Waals surface area contributed by atoms with Crippen LogP contribution in [0.25, 0.3) is 11.4 Å². The first-order chi connectivity index (χ1) is 18.9. The molecule has 6 rings (SSSR count). The molecule has 2 fully saturated rings. The second-order valence-corrected chi connectivity index (χ2v) is 12.6. The molecule has 3 N–H and O–H groups in total. The molecule has 12 heteroatoms. The number of nitrogens with one attached hydrogen (secondary N) is 2. The van der Waals surface area contributed by atoms with Crippen molar-refractivity contribution in [1.82, 2.24) is 24.1 Å². The summed E-state index contributed by atoms with van der Waals surface area (Å²) in [4.78, 5) is 13.4. The summed E-state index contributed by atoms with van der Waals surface area (Å²) in [6.45, 7) is 0. The van der Waals surface area contributed by atoms with Crippen molar-refractivity contribution in [3.8, 4) is 23.2 Å². The summed E-state index contributed by atoms with van der Waals surface area (Å²) in [6.07, 6.45) is 10.7. The number of hydrogen-bond donors (Lipinski definition) is 3. The van der Waals surface area contributed by atoms with Gasteiger partial charge in [0, 0.05) is 35.4 Å². The van der Waals surface area contributed by atoms with E-state index in [1.807, 2.05) is 22.9 Å². The van der Waals surface area contributed by atoms with E-state index >= 15 is 0 Å². The first kappa shape index (κ1) is 25.5. The fourth-order valence-corrected chi connectivity index (χ4v) is 6.57. The molecule has 4 heterocycles. The summed E-state index contributed by atoms with van der Waals surface area (Å²) in [5, 5.41) is 24.6. The Hall–Kier alpha value is -3.79. The van der Waals surface area contributed by atoms with Gasteiger partial charge in [-0.15, -0.1) is 0 Å². The lowest BCUT2D eigenvalue weighted by atomic mass is 9.92. The number of aromatic nitrogens is 5. The van der Waals surface area contributed by atoms with Crippen LogP contribution in [0, 0.1) is 11.8 Å². The molecule has 4 aromatic rings. The Morgan fingerprint density at radius 1 is 1.08 bits per heavy atom. The highest BCUT2D eigenvalue weighted by Crippen LogP contribution is 2.30. The van der Waals surface area contributed by atoms with Gasteiger partial charge in [0.1, 0.15) is 11.6 Å². The SMILES string of the molecule is O=S(=O)(C1CC1)n1cc(-c2nccc(Nc3cc(N[C@H]4CCC[C@H](O)C4)c(C#Cc4ccsc4)cn3)n2)cn1. The molecule has 0 aliphatic heterocycles. The van der Waals surface area contributed by atoms with Crippen molar-refractivity contribution in [2.45, 2.75) is 55.9 Å². The van der Waals surface area contributed by atoms with E-state index < -0.39 is 10.0 Å². The van der Waals surface area contributed by atoms with Crippen molar-refractivity contribution in [1.29, 1.82) is 0 Å². The highest BCUT2D eigenvalue weighted by atomic mass is 32.2. The summed E-state index contributed by atoms with van der Waals surface area (Å²) in [7, 11) is -3.46. The quantitative estimate of drug-likeness (QED) is 0.286. The van der Waals surface area contributed by atoms with Crippen LogP contribution in [0.1, 0.15) is 49.7 Å². The lowest BCUT2D eigenvalue weighted by Gasteiger charge is -2.28. The largest absolute Gasteiger partial charge is 0.393 e. The zero-order valence-corrected chi connectivity index (χ0v) is 22.6. The third-order valence-electron chi connectivity index (χ3n) is 6.71. The standard InChI is InChI=1S/C27H27N7O3S2/c35-22-3-1-2-21(12-22)31-24-13-26(29-14-19(24)5-4-18-9-11-38-17-18)32-25-8-10-28-27(33-25)20-15-30-34(16-20)39(36,37)23-6-7-23/h8-11,13-17,21-23,35H,1-3,6-7,12H2,(H2,28,29,31,32,33)/t21-,22-/m0/s1. The summed E-state index contributed by atoms with van der Waals surface area (Å²) in [5.41, 5.74) is 3.05. The molecule has 0 saturated heterocycles. The van der Waals surface area contributed by atoms with Gasteiger partial charge in [-0.3, -0.25) is 0 Å². The zero-order valence-electron chi connectivity index (χ0n) is 21.0. The normalized spacial score (nSPS) is 19.2. The van der Waals surface area contributed by atoms with E-state index in [0.29, 0.717) is 42.3 Å². The molecule has 2 aliphatic carbocycles. The van der Waals surface area contributed by atoms with Gasteiger partial charge < -0.3 is 15.7 Å². The Balaban J connectivity index is 1.25. The zero-order chi connectivity index (χ0) is 26.8. The molecular formula is C27H27N7O3S2. The minimum atomic E-state index is -3.46. The number of nitrogens with zero attached hydrogens (tertiary/aromatic N) is 5. The molecule has 0 spiro atoms. The summed E-state index contributed by atoms with van der Waals surface area (Å²) in [6, 6.07) is 5.72. The molecule has 39 heavy (non-hydrogen) atoms.